The van der Waals surface area contributed by atoms with E-state index in [1.54, 1.807) is 0 Å². The first-order chi connectivity index (χ1) is 9.85. The third kappa shape index (κ3) is 4.38. The topological polar surface area (TPSA) is 29.1 Å². The van der Waals surface area contributed by atoms with Crippen molar-refractivity contribution in [3.05, 3.63) is 35.4 Å². The zero-order valence-corrected chi connectivity index (χ0v) is 11.9. The first-order valence-corrected chi connectivity index (χ1v) is 6.37. The maximum atomic E-state index is 12.6. The molecule has 0 unspecified atom stereocenters. The van der Waals surface area contributed by atoms with E-state index in [1.165, 1.54) is 12.1 Å². The molecule has 1 aromatic rings. The number of benzene rings is 1. The summed E-state index contributed by atoms with van der Waals surface area (Å²) in [5, 5.41) is 2.14. The molecule has 0 aromatic heterocycles. The van der Waals surface area contributed by atoms with Crippen LogP contribution in [0.3, 0.4) is 0 Å². The molecule has 0 saturated carbocycles. The van der Waals surface area contributed by atoms with Crippen LogP contribution in [0, 0.1) is 5.41 Å². The smallest absolute Gasteiger partial charge is 0.355 e. The van der Waals surface area contributed by atoms with Crippen LogP contribution in [-0.2, 0) is 17.4 Å². The van der Waals surface area contributed by atoms with Gasteiger partial charge in [0.2, 0.25) is 5.91 Å². The van der Waals surface area contributed by atoms with Crippen molar-refractivity contribution < 1.29 is 31.1 Å². The van der Waals surface area contributed by atoms with Crippen molar-refractivity contribution in [2.45, 2.75) is 32.6 Å². The van der Waals surface area contributed by atoms with Crippen LogP contribution in [0.5, 0.6) is 0 Å². The number of halogens is 6. The van der Waals surface area contributed by atoms with Gasteiger partial charge in [0.1, 0.15) is 5.41 Å². The van der Waals surface area contributed by atoms with Crippen molar-refractivity contribution in [2.24, 2.45) is 5.41 Å². The van der Waals surface area contributed by atoms with E-state index in [-0.39, 0.29) is 13.0 Å². The Balaban J connectivity index is 2.57. The fourth-order valence-corrected chi connectivity index (χ4v) is 1.53. The lowest BCUT2D eigenvalue weighted by Crippen LogP contribution is -2.47. The van der Waals surface area contributed by atoms with E-state index in [4.69, 9.17) is 0 Å². The molecule has 0 radical (unpaired) electrons. The Morgan fingerprint density at radius 1 is 1.00 bits per heavy atom. The minimum Gasteiger partial charge on any atom is -0.355 e. The van der Waals surface area contributed by atoms with Crippen molar-refractivity contribution in [3.63, 3.8) is 0 Å². The van der Waals surface area contributed by atoms with Crippen LogP contribution in [0.25, 0.3) is 0 Å². The number of nitrogens with one attached hydrogen (secondary N) is 1. The second-order valence-corrected chi connectivity index (χ2v) is 5.32. The molecular weight excluding hydrogens is 312 g/mol. The first kappa shape index (κ1) is 18.3. The number of hydrogen-bond acceptors (Lipinski definition) is 1. The standard InChI is InChI=1S/C14H15F6NO/c1-12(2,14(18,19)20)11(22)21-8-7-9-3-5-10(6-4-9)13(15,16)17/h3-6H,7-8H2,1-2H3,(H,21,22). The van der Waals surface area contributed by atoms with Crippen molar-refractivity contribution in [3.8, 4) is 0 Å². The van der Waals surface area contributed by atoms with Crippen molar-refractivity contribution >= 4 is 5.91 Å². The van der Waals surface area contributed by atoms with E-state index < -0.39 is 29.2 Å². The molecule has 0 aliphatic heterocycles. The Morgan fingerprint density at radius 2 is 1.50 bits per heavy atom. The van der Waals surface area contributed by atoms with E-state index in [9.17, 15) is 31.1 Å². The first-order valence-electron chi connectivity index (χ1n) is 6.37. The van der Waals surface area contributed by atoms with E-state index in [0.717, 1.165) is 26.0 Å². The van der Waals surface area contributed by atoms with Crippen molar-refractivity contribution in [1.82, 2.24) is 5.32 Å². The third-order valence-corrected chi connectivity index (χ3v) is 3.26. The summed E-state index contributed by atoms with van der Waals surface area (Å²) < 4.78 is 74.9. The van der Waals surface area contributed by atoms with E-state index in [1.807, 2.05) is 0 Å². The maximum Gasteiger partial charge on any atom is 0.416 e. The van der Waals surface area contributed by atoms with Gasteiger partial charge in [-0.05, 0) is 38.0 Å². The number of alkyl halides is 6. The van der Waals surface area contributed by atoms with Gasteiger partial charge in [-0.15, -0.1) is 0 Å². The molecule has 1 aromatic carbocycles. The normalized spacial score (nSPS) is 13.1. The molecule has 0 spiro atoms. The summed E-state index contributed by atoms with van der Waals surface area (Å²) in [7, 11) is 0. The van der Waals surface area contributed by atoms with Crippen LogP contribution in [0.4, 0.5) is 26.3 Å². The summed E-state index contributed by atoms with van der Waals surface area (Å²) in [6.07, 6.45) is -8.98. The molecule has 2 nitrogen and oxygen atoms in total. The lowest BCUT2D eigenvalue weighted by molar-refractivity contribution is -0.211. The number of hydrogen-bond donors (Lipinski definition) is 1. The minimum absolute atomic E-state index is 0.0935. The van der Waals surface area contributed by atoms with Crippen LogP contribution in [0.1, 0.15) is 25.0 Å². The molecule has 1 amide bonds. The van der Waals surface area contributed by atoms with E-state index in [2.05, 4.69) is 5.32 Å². The molecule has 0 aliphatic rings. The number of carbonyl (C=O) groups is 1. The van der Waals surface area contributed by atoms with Gasteiger partial charge in [-0.3, -0.25) is 4.79 Å². The highest BCUT2D eigenvalue weighted by molar-refractivity contribution is 5.82. The van der Waals surface area contributed by atoms with Crippen molar-refractivity contribution in [2.75, 3.05) is 6.54 Å². The van der Waals surface area contributed by atoms with E-state index in [0.29, 0.717) is 5.56 Å². The molecule has 0 heterocycles. The van der Waals surface area contributed by atoms with Gasteiger partial charge in [-0.25, -0.2) is 0 Å². The van der Waals surface area contributed by atoms with Crippen LogP contribution < -0.4 is 5.32 Å². The summed E-state index contributed by atoms with van der Waals surface area (Å²) in [5.74, 6) is -1.17. The largest absolute Gasteiger partial charge is 0.416 e. The maximum absolute atomic E-state index is 12.6. The van der Waals surface area contributed by atoms with Gasteiger partial charge in [-0.1, -0.05) is 12.1 Å². The number of amides is 1. The molecular formula is C14H15F6NO. The molecule has 0 bridgehead atoms. The Morgan fingerprint density at radius 3 is 1.91 bits per heavy atom. The zero-order chi connectivity index (χ0) is 17.2. The van der Waals surface area contributed by atoms with Gasteiger partial charge >= 0.3 is 12.4 Å². The number of carbonyl (C=O) groups excluding carboxylic acids is 1. The molecule has 1 rings (SSSR count). The zero-order valence-electron chi connectivity index (χ0n) is 11.9. The SMILES string of the molecule is CC(C)(C(=O)NCCc1ccc(C(F)(F)F)cc1)C(F)(F)F. The molecule has 0 aliphatic carbocycles. The van der Waals surface area contributed by atoms with Crippen molar-refractivity contribution in [1.29, 1.82) is 0 Å². The highest BCUT2D eigenvalue weighted by atomic mass is 19.4. The number of rotatable bonds is 4. The Kier molecular flexibility index (Phi) is 5.14. The van der Waals surface area contributed by atoms with Gasteiger partial charge in [-0.2, -0.15) is 26.3 Å². The summed E-state index contributed by atoms with van der Waals surface area (Å²) >= 11 is 0. The Bertz CT molecular complexity index is 516. The molecule has 124 valence electrons. The Hall–Kier alpha value is -1.73. The second-order valence-electron chi connectivity index (χ2n) is 5.32. The molecule has 0 fully saturated rings. The molecule has 0 atom stereocenters. The minimum atomic E-state index is -4.68. The average molecular weight is 327 g/mol. The van der Waals surface area contributed by atoms with Crippen LogP contribution >= 0.6 is 0 Å². The highest BCUT2D eigenvalue weighted by Gasteiger charge is 2.52. The van der Waals surface area contributed by atoms with Crippen LogP contribution in [-0.4, -0.2) is 18.6 Å². The van der Waals surface area contributed by atoms with Gasteiger partial charge < -0.3 is 5.32 Å². The lowest BCUT2D eigenvalue weighted by Gasteiger charge is -2.26. The summed E-state index contributed by atoms with van der Waals surface area (Å²) in [6.45, 7) is 1.44. The quantitative estimate of drug-likeness (QED) is 0.834. The monoisotopic (exact) mass is 327 g/mol. The predicted octanol–water partition coefficient (Wildman–Crippen LogP) is 3.95. The molecule has 8 heteroatoms. The van der Waals surface area contributed by atoms with Gasteiger partial charge in [0.25, 0.3) is 0 Å². The fourth-order valence-electron chi connectivity index (χ4n) is 1.53. The summed E-state index contributed by atoms with van der Waals surface area (Å²) in [4.78, 5) is 11.5. The highest BCUT2D eigenvalue weighted by Crippen LogP contribution is 2.37. The fraction of sp³-hybridized carbons (Fsp3) is 0.500. The van der Waals surface area contributed by atoms with Gasteiger partial charge in [0.15, 0.2) is 0 Å². The third-order valence-electron chi connectivity index (χ3n) is 3.26. The molecule has 22 heavy (non-hydrogen) atoms. The van der Waals surface area contributed by atoms with Gasteiger partial charge in [0, 0.05) is 6.54 Å². The summed E-state index contributed by atoms with van der Waals surface area (Å²) in [6, 6.07) is 4.22. The predicted molar refractivity (Wildman–Crippen MR) is 68.0 cm³/mol. The Labute approximate surface area is 123 Å². The second kappa shape index (κ2) is 6.18. The van der Waals surface area contributed by atoms with E-state index >= 15 is 0 Å². The van der Waals surface area contributed by atoms with Gasteiger partial charge in [0.05, 0.1) is 5.56 Å². The molecule has 1 N–H and O–H groups in total. The molecule has 0 saturated heterocycles. The average Bonchev–Trinajstić information content (AvgIpc) is 2.36. The van der Waals surface area contributed by atoms with Crippen LogP contribution in [0.2, 0.25) is 0 Å². The van der Waals surface area contributed by atoms with Crippen LogP contribution in [0.15, 0.2) is 24.3 Å². The lowest BCUT2D eigenvalue weighted by atomic mass is 9.91. The summed E-state index contributed by atoms with van der Waals surface area (Å²) in [5.41, 5.74) is -2.84.